The molecule has 0 atom stereocenters. The van der Waals surface area contributed by atoms with Crippen LogP contribution in [0.5, 0.6) is 0 Å². The van der Waals surface area contributed by atoms with E-state index >= 15 is 0 Å². The van der Waals surface area contributed by atoms with Crippen LogP contribution in [0.15, 0.2) is 18.2 Å². The Morgan fingerprint density at radius 2 is 2.00 bits per heavy atom. The van der Waals surface area contributed by atoms with Crippen molar-refractivity contribution in [2.75, 3.05) is 16.8 Å². The molecule has 0 aromatic heterocycles. The first kappa shape index (κ1) is 16.0. The highest BCUT2D eigenvalue weighted by Crippen LogP contribution is 2.31. The predicted molar refractivity (Wildman–Crippen MR) is 92.6 cm³/mol. The SMILES string of the molecule is CCN1C(=O)CCc2cc(NC(=O)CC3CCCCC3)ccc21. The van der Waals surface area contributed by atoms with Crippen molar-refractivity contribution in [2.45, 2.75) is 58.3 Å². The summed E-state index contributed by atoms with van der Waals surface area (Å²) in [5.74, 6) is 0.861. The molecule has 4 heteroatoms. The zero-order valence-corrected chi connectivity index (χ0v) is 13.9. The van der Waals surface area contributed by atoms with Gasteiger partial charge in [0.2, 0.25) is 11.8 Å². The summed E-state index contributed by atoms with van der Waals surface area (Å²) >= 11 is 0. The van der Waals surface area contributed by atoms with Crippen molar-refractivity contribution in [3.63, 3.8) is 0 Å². The number of fused-ring (bicyclic) bond motifs is 1. The van der Waals surface area contributed by atoms with Crippen LogP contribution in [0.4, 0.5) is 11.4 Å². The lowest BCUT2D eigenvalue weighted by atomic mass is 9.87. The quantitative estimate of drug-likeness (QED) is 0.916. The van der Waals surface area contributed by atoms with Gasteiger partial charge in [0.25, 0.3) is 0 Å². The van der Waals surface area contributed by atoms with Crippen LogP contribution < -0.4 is 10.2 Å². The summed E-state index contributed by atoms with van der Waals surface area (Å²) in [4.78, 5) is 26.0. The van der Waals surface area contributed by atoms with Gasteiger partial charge >= 0.3 is 0 Å². The van der Waals surface area contributed by atoms with E-state index in [1.54, 1.807) is 0 Å². The molecule has 0 spiro atoms. The lowest BCUT2D eigenvalue weighted by molar-refractivity contribution is -0.119. The molecular weight excluding hydrogens is 288 g/mol. The number of anilines is 2. The first-order valence-electron chi connectivity index (χ1n) is 8.90. The lowest BCUT2D eigenvalue weighted by Gasteiger charge is -2.28. The zero-order chi connectivity index (χ0) is 16.2. The van der Waals surface area contributed by atoms with Gasteiger partial charge in [0, 0.05) is 30.8 Å². The third-order valence-corrected chi connectivity index (χ3v) is 5.08. The number of aryl methyl sites for hydroxylation is 1. The molecule has 1 aliphatic heterocycles. The van der Waals surface area contributed by atoms with Gasteiger partial charge in [-0.15, -0.1) is 0 Å². The van der Waals surface area contributed by atoms with E-state index in [-0.39, 0.29) is 11.8 Å². The highest BCUT2D eigenvalue weighted by Gasteiger charge is 2.23. The normalized spacial score (nSPS) is 18.7. The third kappa shape index (κ3) is 3.74. The number of hydrogen-bond acceptors (Lipinski definition) is 2. The van der Waals surface area contributed by atoms with E-state index in [2.05, 4.69) is 5.32 Å². The lowest BCUT2D eigenvalue weighted by Crippen LogP contribution is -2.34. The van der Waals surface area contributed by atoms with Crippen LogP contribution in [-0.2, 0) is 16.0 Å². The van der Waals surface area contributed by atoms with Gasteiger partial charge < -0.3 is 10.2 Å². The molecule has 1 N–H and O–H groups in total. The van der Waals surface area contributed by atoms with Crippen LogP contribution in [0.25, 0.3) is 0 Å². The highest BCUT2D eigenvalue weighted by molar-refractivity contribution is 5.97. The molecule has 0 radical (unpaired) electrons. The van der Waals surface area contributed by atoms with Gasteiger partial charge in [0.05, 0.1) is 0 Å². The summed E-state index contributed by atoms with van der Waals surface area (Å²) in [6, 6.07) is 5.91. The second-order valence-electron chi connectivity index (χ2n) is 6.74. The number of carbonyl (C=O) groups is 2. The van der Waals surface area contributed by atoms with E-state index in [1.165, 1.54) is 32.1 Å². The molecule has 1 aliphatic carbocycles. The molecule has 0 unspecified atom stereocenters. The molecule has 1 fully saturated rings. The van der Waals surface area contributed by atoms with Crippen molar-refractivity contribution in [2.24, 2.45) is 5.92 Å². The monoisotopic (exact) mass is 314 g/mol. The largest absolute Gasteiger partial charge is 0.326 e. The number of nitrogens with zero attached hydrogens (tertiary/aromatic N) is 1. The summed E-state index contributed by atoms with van der Waals surface area (Å²) < 4.78 is 0. The van der Waals surface area contributed by atoms with E-state index in [9.17, 15) is 9.59 Å². The fourth-order valence-electron chi connectivity index (χ4n) is 3.85. The second-order valence-corrected chi connectivity index (χ2v) is 6.74. The Labute approximate surface area is 138 Å². The minimum atomic E-state index is 0.121. The van der Waals surface area contributed by atoms with E-state index in [0.29, 0.717) is 25.3 Å². The topological polar surface area (TPSA) is 49.4 Å². The molecule has 4 nitrogen and oxygen atoms in total. The van der Waals surface area contributed by atoms with E-state index < -0.39 is 0 Å². The van der Waals surface area contributed by atoms with Crippen molar-refractivity contribution in [1.29, 1.82) is 0 Å². The smallest absolute Gasteiger partial charge is 0.227 e. The number of rotatable bonds is 4. The van der Waals surface area contributed by atoms with Gasteiger partial charge in [0.1, 0.15) is 0 Å². The summed E-state index contributed by atoms with van der Waals surface area (Å²) in [7, 11) is 0. The van der Waals surface area contributed by atoms with E-state index in [4.69, 9.17) is 0 Å². The van der Waals surface area contributed by atoms with Gasteiger partial charge in [-0.05, 0) is 55.9 Å². The molecule has 124 valence electrons. The number of hydrogen-bond donors (Lipinski definition) is 1. The molecule has 1 saturated carbocycles. The maximum absolute atomic E-state index is 12.2. The van der Waals surface area contributed by atoms with Crippen molar-refractivity contribution in [3.8, 4) is 0 Å². The standard InChI is InChI=1S/C19H26N2O2/c1-2-21-17-10-9-16(13-15(17)8-11-19(21)23)20-18(22)12-14-6-4-3-5-7-14/h9-10,13-14H,2-8,11-12H2,1H3,(H,20,22). The van der Waals surface area contributed by atoms with Crippen LogP contribution in [0.1, 0.15) is 57.4 Å². The molecule has 0 saturated heterocycles. The first-order valence-corrected chi connectivity index (χ1v) is 8.90. The maximum Gasteiger partial charge on any atom is 0.227 e. The minimum absolute atomic E-state index is 0.121. The fourth-order valence-corrected chi connectivity index (χ4v) is 3.85. The molecule has 1 aromatic carbocycles. The van der Waals surface area contributed by atoms with Crippen LogP contribution >= 0.6 is 0 Å². The fraction of sp³-hybridized carbons (Fsp3) is 0.579. The molecule has 3 rings (SSSR count). The molecule has 23 heavy (non-hydrogen) atoms. The van der Waals surface area contributed by atoms with Gasteiger partial charge in [-0.1, -0.05) is 19.3 Å². The summed E-state index contributed by atoms with van der Waals surface area (Å²) in [6.45, 7) is 2.69. The van der Waals surface area contributed by atoms with E-state index in [1.807, 2.05) is 30.0 Å². The Balaban J connectivity index is 1.65. The Hall–Kier alpha value is -1.84. The third-order valence-electron chi connectivity index (χ3n) is 5.08. The first-order chi connectivity index (χ1) is 11.2. The van der Waals surface area contributed by atoms with Gasteiger partial charge in [-0.3, -0.25) is 9.59 Å². The van der Waals surface area contributed by atoms with Gasteiger partial charge in [-0.2, -0.15) is 0 Å². The average Bonchev–Trinajstić information content (AvgIpc) is 2.56. The highest BCUT2D eigenvalue weighted by atomic mass is 16.2. The molecule has 1 heterocycles. The van der Waals surface area contributed by atoms with Crippen molar-refractivity contribution in [3.05, 3.63) is 23.8 Å². The summed E-state index contributed by atoms with van der Waals surface area (Å²) in [5, 5.41) is 3.04. The number of nitrogens with one attached hydrogen (secondary N) is 1. The van der Waals surface area contributed by atoms with Crippen LogP contribution in [-0.4, -0.2) is 18.4 Å². The van der Waals surface area contributed by atoms with Crippen molar-refractivity contribution >= 4 is 23.2 Å². The Kier molecular flexibility index (Phi) is 4.99. The average molecular weight is 314 g/mol. The van der Waals surface area contributed by atoms with E-state index in [0.717, 1.165) is 23.4 Å². The number of carbonyl (C=O) groups excluding carboxylic acids is 2. The van der Waals surface area contributed by atoms with Gasteiger partial charge in [-0.25, -0.2) is 0 Å². The molecule has 2 amide bonds. The number of amides is 2. The summed E-state index contributed by atoms with van der Waals surface area (Å²) in [6.07, 6.45) is 8.16. The molecule has 1 aromatic rings. The van der Waals surface area contributed by atoms with Crippen molar-refractivity contribution < 1.29 is 9.59 Å². The minimum Gasteiger partial charge on any atom is -0.326 e. The molecule has 0 bridgehead atoms. The van der Waals surface area contributed by atoms with Gasteiger partial charge in [0.15, 0.2) is 0 Å². The van der Waals surface area contributed by atoms with Crippen LogP contribution in [0, 0.1) is 5.92 Å². The molecule has 2 aliphatic rings. The van der Waals surface area contributed by atoms with Crippen LogP contribution in [0.2, 0.25) is 0 Å². The predicted octanol–water partition coefficient (Wildman–Crippen LogP) is 3.89. The molecular formula is C19H26N2O2. The van der Waals surface area contributed by atoms with Crippen LogP contribution in [0.3, 0.4) is 0 Å². The Morgan fingerprint density at radius 3 is 2.74 bits per heavy atom. The Morgan fingerprint density at radius 1 is 1.22 bits per heavy atom. The zero-order valence-electron chi connectivity index (χ0n) is 13.9. The second kappa shape index (κ2) is 7.16. The Bertz CT molecular complexity index is 591. The summed E-state index contributed by atoms with van der Waals surface area (Å²) in [5.41, 5.74) is 3.01. The van der Waals surface area contributed by atoms with Crippen molar-refractivity contribution in [1.82, 2.24) is 0 Å². The number of benzene rings is 1. The maximum atomic E-state index is 12.2.